The number of benzene rings is 2. The molecule has 4 nitrogen and oxygen atoms in total. The fourth-order valence-corrected chi connectivity index (χ4v) is 1.68. The minimum Gasteiger partial charge on any atom is -0.350 e. The van der Waals surface area contributed by atoms with E-state index in [4.69, 9.17) is 5.73 Å². The van der Waals surface area contributed by atoms with E-state index in [2.05, 4.69) is 10.5 Å². The summed E-state index contributed by atoms with van der Waals surface area (Å²) >= 11 is 0. The van der Waals surface area contributed by atoms with Gasteiger partial charge in [-0.15, -0.1) is 0 Å². The third-order valence-corrected chi connectivity index (χ3v) is 2.73. The van der Waals surface area contributed by atoms with Crippen molar-refractivity contribution in [2.24, 2.45) is 10.8 Å². The van der Waals surface area contributed by atoms with Gasteiger partial charge in [0.25, 0.3) is 0 Å². The third kappa shape index (κ3) is 4.52. The maximum atomic E-state index is 13.0. The van der Waals surface area contributed by atoms with E-state index in [9.17, 15) is 13.6 Å². The monoisotopic (exact) mass is 301 g/mol. The van der Waals surface area contributed by atoms with Crippen LogP contribution in [0.15, 0.2) is 59.7 Å². The van der Waals surface area contributed by atoms with E-state index in [1.807, 2.05) is 0 Å². The molecule has 0 aromatic heterocycles. The molecule has 0 fully saturated rings. The fourth-order valence-electron chi connectivity index (χ4n) is 1.68. The predicted octanol–water partition coefficient (Wildman–Crippen LogP) is 3.05. The number of primary amides is 1. The second-order valence-corrected chi connectivity index (χ2v) is 4.36. The van der Waals surface area contributed by atoms with Crippen LogP contribution in [0.5, 0.6) is 0 Å². The highest BCUT2D eigenvalue weighted by Gasteiger charge is 2.02. The van der Waals surface area contributed by atoms with Crippen molar-refractivity contribution in [3.05, 3.63) is 77.4 Å². The van der Waals surface area contributed by atoms with Crippen LogP contribution >= 0.6 is 0 Å². The van der Waals surface area contributed by atoms with E-state index in [-0.39, 0.29) is 11.6 Å². The molecule has 22 heavy (non-hydrogen) atoms. The van der Waals surface area contributed by atoms with Crippen molar-refractivity contribution in [1.82, 2.24) is 5.43 Å². The van der Waals surface area contributed by atoms with Crippen LogP contribution in [-0.4, -0.2) is 11.7 Å². The molecule has 112 valence electrons. The number of hydrogen-bond donors (Lipinski definition) is 2. The van der Waals surface area contributed by atoms with Crippen LogP contribution < -0.4 is 11.2 Å². The molecule has 0 unspecified atom stereocenters. The number of nitrogens with zero attached hydrogens (tertiary/aromatic N) is 1. The normalized spacial score (nSPS) is 11.6. The molecular formula is C16H13F2N3O. The van der Waals surface area contributed by atoms with Crippen molar-refractivity contribution in [3.63, 3.8) is 0 Å². The number of amides is 2. The Kier molecular flexibility index (Phi) is 4.98. The highest BCUT2D eigenvalue weighted by atomic mass is 19.1. The molecule has 0 aliphatic rings. The summed E-state index contributed by atoms with van der Waals surface area (Å²) in [4.78, 5) is 10.8. The second kappa shape index (κ2) is 7.12. The second-order valence-electron chi connectivity index (χ2n) is 4.36. The molecule has 0 saturated heterocycles. The molecule has 0 bridgehead atoms. The summed E-state index contributed by atoms with van der Waals surface area (Å²) in [5, 5.41) is 3.86. The molecule has 0 spiro atoms. The number of rotatable bonds is 4. The van der Waals surface area contributed by atoms with Crippen molar-refractivity contribution < 1.29 is 13.6 Å². The number of allylic oxidation sites excluding steroid dienone is 1. The molecule has 0 saturated carbocycles. The van der Waals surface area contributed by atoms with Gasteiger partial charge in [-0.3, -0.25) is 0 Å². The minimum absolute atomic E-state index is 0.333. The lowest BCUT2D eigenvalue weighted by Gasteiger charge is -2.02. The van der Waals surface area contributed by atoms with Gasteiger partial charge < -0.3 is 5.73 Å². The first kappa shape index (κ1) is 15.4. The van der Waals surface area contributed by atoms with Gasteiger partial charge in [-0.1, -0.05) is 18.2 Å². The fraction of sp³-hybridized carbons (Fsp3) is 0. The van der Waals surface area contributed by atoms with Gasteiger partial charge in [0, 0.05) is 5.56 Å². The van der Waals surface area contributed by atoms with E-state index in [0.717, 1.165) is 5.56 Å². The van der Waals surface area contributed by atoms with Gasteiger partial charge in [0.2, 0.25) is 0 Å². The van der Waals surface area contributed by atoms with Gasteiger partial charge in [-0.05, 0) is 48.0 Å². The number of halogens is 2. The lowest BCUT2D eigenvalue weighted by Crippen LogP contribution is -2.25. The number of carbonyl (C=O) groups is 1. The standard InChI is InChI=1S/C16H13F2N3O/c17-13-6-1-11(2-7-13)3-10-15(20-21-16(19)22)12-4-8-14(18)9-5-12/h1-10H,(H3,19,21,22)/b10-3+,20-15-. The molecule has 0 aliphatic carbocycles. The Hall–Kier alpha value is -3.02. The first-order valence-corrected chi connectivity index (χ1v) is 6.37. The summed E-state index contributed by atoms with van der Waals surface area (Å²) in [6.07, 6.45) is 3.29. The number of nitrogens with one attached hydrogen (secondary N) is 1. The number of hydrogen-bond acceptors (Lipinski definition) is 2. The summed E-state index contributed by atoms with van der Waals surface area (Å²) in [7, 11) is 0. The summed E-state index contributed by atoms with van der Waals surface area (Å²) in [5.41, 5.74) is 8.82. The zero-order valence-electron chi connectivity index (χ0n) is 11.5. The van der Waals surface area contributed by atoms with Gasteiger partial charge in [-0.25, -0.2) is 19.0 Å². The van der Waals surface area contributed by atoms with Crippen molar-refractivity contribution in [3.8, 4) is 0 Å². The largest absolute Gasteiger partial charge is 0.350 e. The van der Waals surface area contributed by atoms with Crippen molar-refractivity contribution in [2.45, 2.75) is 0 Å². The van der Waals surface area contributed by atoms with Crippen LogP contribution in [0.25, 0.3) is 6.08 Å². The van der Waals surface area contributed by atoms with Gasteiger partial charge in [0.05, 0.1) is 5.71 Å². The summed E-state index contributed by atoms with van der Waals surface area (Å²) in [6, 6.07) is 10.6. The molecule has 2 aromatic carbocycles. The van der Waals surface area contributed by atoms with Crippen LogP contribution in [0, 0.1) is 11.6 Å². The first-order chi connectivity index (χ1) is 10.5. The smallest absolute Gasteiger partial charge is 0.332 e. The number of urea groups is 1. The topological polar surface area (TPSA) is 67.5 Å². The molecule has 0 radical (unpaired) electrons. The van der Waals surface area contributed by atoms with Crippen LogP contribution in [0.1, 0.15) is 11.1 Å². The highest BCUT2D eigenvalue weighted by Crippen LogP contribution is 2.09. The van der Waals surface area contributed by atoms with Gasteiger partial charge in [-0.2, -0.15) is 5.10 Å². The Morgan fingerprint density at radius 1 is 1.00 bits per heavy atom. The zero-order valence-corrected chi connectivity index (χ0v) is 11.5. The number of carbonyl (C=O) groups excluding carboxylic acids is 1. The van der Waals surface area contributed by atoms with E-state index in [0.29, 0.717) is 11.3 Å². The minimum atomic E-state index is -0.810. The molecule has 2 aromatic rings. The predicted molar refractivity (Wildman–Crippen MR) is 81.1 cm³/mol. The average Bonchev–Trinajstić information content (AvgIpc) is 2.50. The van der Waals surface area contributed by atoms with Crippen LogP contribution in [-0.2, 0) is 0 Å². The van der Waals surface area contributed by atoms with E-state index < -0.39 is 6.03 Å². The van der Waals surface area contributed by atoms with Crippen LogP contribution in [0.2, 0.25) is 0 Å². The summed E-state index contributed by atoms with van der Waals surface area (Å²) < 4.78 is 25.8. The number of nitrogens with two attached hydrogens (primary N) is 1. The lowest BCUT2D eigenvalue weighted by molar-refractivity contribution is 0.249. The Morgan fingerprint density at radius 3 is 2.09 bits per heavy atom. The van der Waals surface area contributed by atoms with E-state index in [1.54, 1.807) is 24.3 Å². The van der Waals surface area contributed by atoms with Crippen molar-refractivity contribution in [2.75, 3.05) is 0 Å². The maximum absolute atomic E-state index is 13.0. The SMILES string of the molecule is NC(=O)N/N=C(/C=C/c1ccc(F)cc1)c1ccc(F)cc1. The molecular weight excluding hydrogens is 288 g/mol. The van der Waals surface area contributed by atoms with Crippen LogP contribution in [0.4, 0.5) is 13.6 Å². The van der Waals surface area contributed by atoms with Gasteiger partial charge >= 0.3 is 6.03 Å². The molecule has 0 atom stereocenters. The number of hydrazone groups is 1. The molecule has 0 aliphatic heterocycles. The molecule has 3 N–H and O–H groups in total. The van der Waals surface area contributed by atoms with Gasteiger partial charge in [0.15, 0.2) is 0 Å². The zero-order chi connectivity index (χ0) is 15.9. The summed E-state index contributed by atoms with van der Waals surface area (Å²) in [6.45, 7) is 0. The molecule has 2 amide bonds. The molecule has 2 rings (SSSR count). The Bertz CT molecular complexity index is 707. The first-order valence-electron chi connectivity index (χ1n) is 6.37. The summed E-state index contributed by atoms with van der Waals surface area (Å²) in [5.74, 6) is -0.714. The molecule has 0 heterocycles. The maximum Gasteiger partial charge on any atom is 0.332 e. The quantitative estimate of drug-likeness (QED) is 0.661. The van der Waals surface area contributed by atoms with Crippen LogP contribution in [0.3, 0.4) is 0 Å². The van der Waals surface area contributed by atoms with Crippen molar-refractivity contribution in [1.29, 1.82) is 0 Å². The van der Waals surface area contributed by atoms with E-state index in [1.165, 1.54) is 36.4 Å². The lowest BCUT2D eigenvalue weighted by atomic mass is 10.1. The Morgan fingerprint density at radius 2 is 1.55 bits per heavy atom. The van der Waals surface area contributed by atoms with Crippen molar-refractivity contribution >= 4 is 17.8 Å². The van der Waals surface area contributed by atoms with Gasteiger partial charge in [0.1, 0.15) is 11.6 Å². The average molecular weight is 301 g/mol. The van der Waals surface area contributed by atoms with E-state index >= 15 is 0 Å². The Balaban J connectivity index is 2.28. The highest BCUT2D eigenvalue weighted by molar-refractivity contribution is 6.10. The Labute approximate surface area is 126 Å². The third-order valence-electron chi connectivity index (χ3n) is 2.73. The molecule has 6 heteroatoms.